The van der Waals surface area contributed by atoms with Crippen LogP contribution in [0, 0.1) is 0 Å². The Morgan fingerprint density at radius 1 is 1.29 bits per heavy atom. The van der Waals surface area contributed by atoms with Crippen LogP contribution in [0.2, 0.25) is 0 Å². The van der Waals surface area contributed by atoms with Gasteiger partial charge in [0.1, 0.15) is 5.75 Å². The average molecular weight is 428 g/mol. The standard InChI is InChI=1S/C11H13Cl2NO7S2.Na/c12-4-3-11(15)14-9-7-8(19-23(17,18)6-5-13)1-2-10(9)22-21-20-16;/h1-2,7,16H,3-6H2,(H,14,15);/q;+1/p-1. The minimum Gasteiger partial charge on any atom is -0.691 e. The van der Waals surface area contributed by atoms with Crippen LogP contribution >= 0.6 is 35.2 Å². The minimum atomic E-state index is -3.85. The van der Waals surface area contributed by atoms with Gasteiger partial charge >= 0.3 is 39.7 Å². The summed E-state index contributed by atoms with van der Waals surface area (Å²) >= 11 is 11.4. The number of halogens is 2. The molecule has 8 nitrogen and oxygen atoms in total. The predicted octanol–water partition coefficient (Wildman–Crippen LogP) is -1.56. The van der Waals surface area contributed by atoms with E-state index in [0.717, 1.165) is 0 Å². The molecule has 0 saturated carbocycles. The second-order valence-electron chi connectivity index (χ2n) is 3.90. The SMILES string of the molecule is O=C(CCCl)Nc1cc(OS(=O)(=O)CCCl)ccc1SOO[O-].[Na+]. The Kier molecular flexibility index (Phi) is 12.7. The molecule has 0 aliphatic heterocycles. The van der Waals surface area contributed by atoms with Gasteiger partial charge in [-0.3, -0.25) is 9.83 Å². The number of rotatable bonds is 10. The van der Waals surface area contributed by atoms with E-state index in [4.69, 9.17) is 27.4 Å². The van der Waals surface area contributed by atoms with Gasteiger partial charge in [-0.05, 0) is 12.1 Å². The van der Waals surface area contributed by atoms with Crippen LogP contribution < -0.4 is 44.3 Å². The fourth-order valence-corrected chi connectivity index (χ4v) is 3.20. The van der Waals surface area contributed by atoms with Gasteiger partial charge < -0.3 is 14.8 Å². The minimum absolute atomic E-state index is 0. The predicted molar refractivity (Wildman–Crippen MR) is 83.6 cm³/mol. The first kappa shape index (κ1) is 24.2. The van der Waals surface area contributed by atoms with Crippen LogP contribution in [-0.4, -0.2) is 31.8 Å². The number of carbonyl (C=O) groups is 1. The van der Waals surface area contributed by atoms with Crippen LogP contribution in [0.5, 0.6) is 5.75 Å². The first-order valence-corrected chi connectivity index (χ1v) is 9.42. The molecule has 0 heterocycles. The largest absolute Gasteiger partial charge is 1.00 e. The van der Waals surface area contributed by atoms with Crippen molar-refractivity contribution in [3.8, 4) is 5.75 Å². The monoisotopic (exact) mass is 427 g/mol. The summed E-state index contributed by atoms with van der Waals surface area (Å²) in [5.41, 5.74) is 0.167. The topological polar surface area (TPSA) is 114 Å². The van der Waals surface area contributed by atoms with Crippen LogP contribution in [0.15, 0.2) is 23.1 Å². The zero-order valence-electron chi connectivity index (χ0n) is 12.5. The Labute approximate surface area is 175 Å². The van der Waals surface area contributed by atoms with E-state index in [1.54, 1.807) is 0 Å². The third-order valence-corrected chi connectivity index (χ3v) is 4.66. The summed E-state index contributed by atoms with van der Waals surface area (Å²) in [6, 6.07) is 3.96. The summed E-state index contributed by atoms with van der Waals surface area (Å²) in [5, 5.41) is 15.6. The molecule has 1 amide bonds. The van der Waals surface area contributed by atoms with Crippen molar-refractivity contribution in [2.45, 2.75) is 11.3 Å². The van der Waals surface area contributed by atoms with Gasteiger partial charge in [0.05, 0.1) is 28.4 Å². The number of benzene rings is 1. The summed E-state index contributed by atoms with van der Waals surface area (Å²) in [4.78, 5) is 11.9. The Bertz CT molecular complexity index is 633. The van der Waals surface area contributed by atoms with E-state index in [0.29, 0.717) is 16.9 Å². The van der Waals surface area contributed by atoms with E-state index in [2.05, 4.69) is 14.7 Å². The van der Waals surface area contributed by atoms with Crippen LogP contribution in [-0.2, 0) is 24.3 Å². The molecule has 0 fully saturated rings. The molecule has 13 heteroatoms. The van der Waals surface area contributed by atoms with Crippen molar-refractivity contribution in [2.24, 2.45) is 0 Å². The number of carbonyl (C=O) groups excluding carboxylic acids is 1. The van der Waals surface area contributed by atoms with Crippen molar-refractivity contribution in [1.29, 1.82) is 0 Å². The smallest absolute Gasteiger partial charge is 0.691 e. The molecule has 0 aromatic heterocycles. The fourth-order valence-electron chi connectivity index (χ4n) is 1.36. The first-order valence-electron chi connectivity index (χ1n) is 6.03. The van der Waals surface area contributed by atoms with Crippen LogP contribution in [0.3, 0.4) is 0 Å². The number of hydrogen-bond acceptors (Lipinski definition) is 8. The maximum atomic E-state index is 11.6. The summed E-state index contributed by atoms with van der Waals surface area (Å²) in [6.45, 7) is 0. The number of alkyl halides is 2. The van der Waals surface area contributed by atoms with E-state index < -0.39 is 16.0 Å². The third-order valence-electron chi connectivity index (χ3n) is 2.25. The number of amides is 1. The van der Waals surface area contributed by atoms with Crippen LogP contribution in [0.4, 0.5) is 5.69 Å². The Hall–Kier alpha value is 0.250. The molecule has 0 radical (unpaired) electrons. The average Bonchev–Trinajstić information content (AvgIpc) is 2.46. The maximum Gasteiger partial charge on any atom is 1.00 e. The Balaban J connectivity index is 0.00000529. The zero-order chi connectivity index (χ0) is 17.3. The van der Waals surface area contributed by atoms with Gasteiger partial charge in [0.15, 0.2) is 0 Å². The first-order chi connectivity index (χ1) is 10.9. The molecule has 1 aromatic carbocycles. The molecule has 0 unspecified atom stereocenters. The molecular weight excluding hydrogens is 416 g/mol. The number of anilines is 1. The molecule has 130 valence electrons. The van der Waals surface area contributed by atoms with Gasteiger partial charge in [-0.2, -0.15) is 12.8 Å². The van der Waals surface area contributed by atoms with Gasteiger partial charge in [-0.1, -0.05) is 0 Å². The Morgan fingerprint density at radius 2 is 2.00 bits per heavy atom. The maximum absolute atomic E-state index is 11.6. The van der Waals surface area contributed by atoms with Crippen molar-refractivity contribution in [1.82, 2.24) is 0 Å². The summed E-state index contributed by atoms with van der Waals surface area (Å²) in [6.07, 6.45) is 0.0419. The van der Waals surface area contributed by atoms with E-state index in [-0.39, 0.29) is 64.9 Å². The van der Waals surface area contributed by atoms with E-state index >= 15 is 0 Å². The second kappa shape index (κ2) is 12.6. The molecule has 0 saturated heterocycles. The third kappa shape index (κ3) is 9.09. The summed E-state index contributed by atoms with van der Waals surface area (Å²) in [7, 11) is -3.85. The van der Waals surface area contributed by atoms with Crippen molar-refractivity contribution in [2.75, 3.05) is 22.8 Å². The molecule has 1 aromatic rings. The Morgan fingerprint density at radius 3 is 2.58 bits per heavy atom. The van der Waals surface area contributed by atoms with Gasteiger partial charge in [-0.15, -0.1) is 23.2 Å². The zero-order valence-corrected chi connectivity index (χ0v) is 17.6. The summed E-state index contributed by atoms with van der Waals surface area (Å²) in [5.74, 6) is -0.833. The molecule has 0 aliphatic rings. The van der Waals surface area contributed by atoms with Crippen molar-refractivity contribution in [3.05, 3.63) is 18.2 Å². The molecular formula is C11H12Cl2NNaO7S2. The molecule has 24 heavy (non-hydrogen) atoms. The molecule has 0 spiro atoms. The van der Waals surface area contributed by atoms with Crippen LogP contribution in [0.1, 0.15) is 6.42 Å². The molecule has 1 N–H and O–H groups in total. The van der Waals surface area contributed by atoms with Gasteiger partial charge in [0.2, 0.25) is 5.91 Å². The van der Waals surface area contributed by atoms with Gasteiger partial charge in [0, 0.05) is 24.2 Å². The van der Waals surface area contributed by atoms with Gasteiger partial charge in [-0.25, -0.2) is 0 Å². The summed E-state index contributed by atoms with van der Waals surface area (Å²) < 4.78 is 32.2. The second-order valence-corrected chi connectivity index (χ2v) is 7.09. The van der Waals surface area contributed by atoms with Gasteiger partial charge in [0.25, 0.3) is 0 Å². The van der Waals surface area contributed by atoms with E-state index in [1.165, 1.54) is 18.2 Å². The van der Waals surface area contributed by atoms with Crippen molar-refractivity contribution in [3.63, 3.8) is 0 Å². The normalized spacial score (nSPS) is 10.8. The van der Waals surface area contributed by atoms with Crippen molar-refractivity contribution >= 4 is 57.0 Å². The molecule has 0 atom stereocenters. The number of hydrogen-bond donors (Lipinski definition) is 1. The molecule has 0 bridgehead atoms. The fraction of sp³-hybridized carbons (Fsp3) is 0.364. The quantitative estimate of drug-likeness (QED) is 0.119. The molecule has 1 rings (SSSR count). The van der Waals surface area contributed by atoms with Crippen LogP contribution in [0.25, 0.3) is 0 Å². The van der Waals surface area contributed by atoms with E-state index in [9.17, 15) is 18.5 Å². The van der Waals surface area contributed by atoms with E-state index in [1.807, 2.05) is 0 Å². The number of nitrogens with one attached hydrogen (secondary N) is 1. The van der Waals surface area contributed by atoms with Crippen molar-refractivity contribution < 1.29 is 61.6 Å². The molecule has 0 aliphatic carbocycles.